The highest BCUT2D eigenvalue weighted by Crippen LogP contribution is 2.15. The maximum atomic E-state index is 11.5. The summed E-state index contributed by atoms with van der Waals surface area (Å²) in [6, 6.07) is 6.89. The first-order valence-electron chi connectivity index (χ1n) is 4.36. The molecule has 0 aliphatic carbocycles. The number of halogens is 1. The van der Waals surface area contributed by atoms with Crippen LogP contribution in [0, 0.1) is 5.92 Å². The number of nitrogens with one attached hydrogen (secondary N) is 1. The highest BCUT2D eigenvalue weighted by molar-refractivity contribution is 7.80. The number of nitrogens with two attached hydrogens (primary N) is 1. The normalized spacial score (nSPS) is 11.9. The third kappa shape index (κ3) is 3.49. The molecule has 3 nitrogen and oxygen atoms in total. The van der Waals surface area contributed by atoms with Crippen molar-refractivity contribution in [3.63, 3.8) is 0 Å². The minimum absolute atomic E-state index is 0.175. The fraction of sp³-hybridized carbons (Fsp3) is 0.200. The van der Waals surface area contributed by atoms with Gasteiger partial charge in [0.1, 0.15) is 0 Å². The van der Waals surface area contributed by atoms with E-state index in [1.807, 2.05) is 0 Å². The number of anilines is 1. The summed E-state index contributed by atoms with van der Waals surface area (Å²) in [5, 5.41) is 3.24. The molecule has 5 heteroatoms. The summed E-state index contributed by atoms with van der Waals surface area (Å²) < 4.78 is 0. The average molecular weight is 243 g/mol. The predicted octanol–water partition coefficient (Wildman–Crippen LogP) is 2.20. The van der Waals surface area contributed by atoms with E-state index in [-0.39, 0.29) is 10.9 Å². The van der Waals surface area contributed by atoms with E-state index in [2.05, 4.69) is 5.32 Å². The van der Waals surface area contributed by atoms with Gasteiger partial charge in [-0.15, -0.1) is 0 Å². The lowest BCUT2D eigenvalue weighted by atomic mass is 10.1. The van der Waals surface area contributed by atoms with Crippen molar-refractivity contribution in [2.75, 3.05) is 5.32 Å². The Morgan fingerprint density at radius 3 is 2.80 bits per heavy atom. The number of benzene rings is 1. The van der Waals surface area contributed by atoms with Crippen LogP contribution >= 0.6 is 23.8 Å². The Balaban J connectivity index is 2.70. The van der Waals surface area contributed by atoms with Crippen LogP contribution in [0.5, 0.6) is 0 Å². The lowest BCUT2D eigenvalue weighted by molar-refractivity contribution is -0.117. The summed E-state index contributed by atoms with van der Waals surface area (Å²) in [6.45, 7) is 1.65. The van der Waals surface area contributed by atoms with Crippen LogP contribution in [0.1, 0.15) is 6.92 Å². The average Bonchev–Trinajstić information content (AvgIpc) is 2.16. The second-order valence-corrected chi connectivity index (χ2v) is 4.03. The number of hydrogen-bond acceptors (Lipinski definition) is 2. The van der Waals surface area contributed by atoms with Crippen LogP contribution in [0.3, 0.4) is 0 Å². The number of rotatable bonds is 3. The summed E-state index contributed by atoms with van der Waals surface area (Å²) >= 11 is 10.5. The largest absolute Gasteiger partial charge is 0.393 e. The molecule has 0 aliphatic heterocycles. The van der Waals surface area contributed by atoms with Gasteiger partial charge in [-0.1, -0.05) is 29.9 Å². The second-order valence-electron chi connectivity index (χ2n) is 3.12. The van der Waals surface area contributed by atoms with Crippen LogP contribution < -0.4 is 11.1 Å². The van der Waals surface area contributed by atoms with Crippen molar-refractivity contribution in [1.29, 1.82) is 0 Å². The van der Waals surface area contributed by atoms with Crippen LogP contribution in [0.2, 0.25) is 5.02 Å². The van der Waals surface area contributed by atoms with E-state index in [4.69, 9.17) is 29.6 Å². The van der Waals surface area contributed by atoms with Gasteiger partial charge in [0.15, 0.2) is 0 Å². The van der Waals surface area contributed by atoms with Crippen LogP contribution in [-0.4, -0.2) is 10.9 Å². The van der Waals surface area contributed by atoms with E-state index in [0.717, 1.165) is 0 Å². The zero-order valence-electron chi connectivity index (χ0n) is 8.16. The molecule has 0 fully saturated rings. The molecule has 0 heterocycles. The number of carbonyl (C=O) groups is 1. The smallest absolute Gasteiger partial charge is 0.234 e. The van der Waals surface area contributed by atoms with Gasteiger partial charge < -0.3 is 11.1 Å². The molecule has 1 amide bonds. The Hall–Kier alpha value is -1.13. The topological polar surface area (TPSA) is 55.1 Å². The van der Waals surface area contributed by atoms with Gasteiger partial charge in [0.25, 0.3) is 0 Å². The first-order valence-corrected chi connectivity index (χ1v) is 5.15. The highest BCUT2D eigenvalue weighted by Gasteiger charge is 2.15. The summed E-state index contributed by atoms with van der Waals surface area (Å²) in [5.41, 5.74) is 6.00. The minimum Gasteiger partial charge on any atom is -0.393 e. The second kappa shape index (κ2) is 5.09. The Kier molecular flexibility index (Phi) is 4.05. The van der Waals surface area contributed by atoms with Gasteiger partial charge in [-0.25, -0.2) is 0 Å². The molecule has 1 rings (SSSR count). The van der Waals surface area contributed by atoms with Crippen molar-refractivity contribution in [1.82, 2.24) is 0 Å². The van der Waals surface area contributed by atoms with Crippen molar-refractivity contribution in [2.24, 2.45) is 11.7 Å². The summed E-state index contributed by atoms with van der Waals surface area (Å²) in [6.07, 6.45) is 0. The number of amides is 1. The molecule has 0 aromatic heterocycles. The fourth-order valence-electron chi connectivity index (χ4n) is 0.946. The summed E-state index contributed by atoms with van der Waals surface area (Å²) in [4.78, 5) is 11.7. The van der Waals surface area contributed by atoms with E-state index in [1.54, 1.807) is 31.2 Å². The molecule has 0 aliphatic rings. The van der Waals surface area contributed by atoms with Crippen LogP contribution in [0.4, 0.5) is 5.69 Å². The molecule has 0 saturated heterocycles. The fourth-order valence-corrected chi connectivity index (χ4v) is 1.24. The zero-order chi connectivity index (χ0) is 11.4. The SMILES string of the molecule is CC(C(=O)Nc1cccc(Cl)c1)C(N)=S. The van der Waals surface area contributed by atoms with Crippen LogP contribution in [0.25, 0.3) is 0 Å². The van der Waals surface area contributed by atoms with Gasteiger partial charge in [-0.05, 0) is 25.1 Å². The standard InChI is InChI=1S/C10H11ClN2OS/c1-6(9(12)15)10(14)13-8-4-2-3-7(11)5-8/h2-6H,1H3,(H2,12,15)(H,13,14). The lowest BCUT2D eigenvalue weighted by Gasteiger charge is -2.10. The van der Waals surface area contributed by atoms with E-state index >= 15 is 0 Å². The molecule has 1 aromatic rings. The van der Waals surface area contributed by atoms with Crippen LogP contribution in [0.15, 0.2) is 24.3 Å². The van der Waals surface area contributed by atoms with Crippen molar-refractivity contribution in [3.8, 4) is 0 Å². The Morgan fingerprint density at radius 2 is 2.27 bits per heavy atom. The van der Waals surface area contributed by atoms with Crippen molar-refractivity contribution in [2.45, 2.75) is 6.92 Å². The molecule has 0 saturated carbocycles. The Bertz CT molecular complexity index is 395. The molecule has 3 N–H and O–H groups in total. The first-order chi connectivity index (χ1) is 7.00. The van der Waals surface area contributed by atoms with E-state index < -0.39 is 5.92 Å². The van der Waals surface area contributed by atoms with Gasteiger partial charge in [-0.3, -0.25) is 4.79 Å². The molecule has 1 unspecified atom stereocenters. The van der Waals surface area contributed by atoms with Crippen molar-refractivity contribution < 1.29 is 4.79 Å². The number of thiocarbonyl (C=S) groups is 1. The van der Waals surface area contributed by atoms with Gasteiger partial charge in [0, 0.05) is 10.7 Å². The first kappa shape index (κ1) is 11.9. The lowest BCUT2D eigenvalue weighted by Crippen LogP contribution is -2.30. The maximum Gasteiger partial charge on any atom is 0.234 e. The summed E-state index contributed by atoms with van der Waals surface area (Å²) in [5.74, 6) is -0.719. The molecular weight excluding hydrogens is 232 g/mol. The molecule has 0 spiro atoms. The third-order valence-electron chi connectivity index (χ3n) is 1.91. The molecule has 1 atom stereocenters. The Morgan fingerprint density at radius 1 is 1.60 bits per heavy atom. The van der Waals surface area contributed by atoms with E-state index in [1.165, 1.54) is 0 Å². The van der Waals surface area contributed by atoms with Crippen LogP contribution in [-0.2, 0) is 4.79 Å². The molecular formula is C10H11ClN2OS. The monoisotopic (exact) mass is 242 g/mol. The number of carbonyl (C=O) groups excluding carboxylic acids is 1. The van der Waals surface area contributed by atoms with Crippen molar-refractivity contribution in [3.05, 3.63) is 29.3 Å². The van der Waals surface area contributed by atoms with Gasteiger partial charge >= 0.3 is 0 Å². The molecule has 80 valence electrons. The Labute approximate surface area is 98.6 Å². The molecule has 1 aromatic carbocycles. The highest BCUT2D eigenvalue weighted by atomic mass is 35.5. The molecule has 0 bridgehead atoms. The van der Waals surface area contributed by atoms with Gasteiger partial charge in [0.2, 0.25) is 5.91 Å². The predicted molar refractivity (Wildman–Crippen MR) is 66.0 cm³/mol. The zero-order valence-corrected chi connectivity index (χ0v) is 9.73. The maximum absolute atomic E-state index is 11.5. The van der Waals surface area contributed by atoms with Gasteiger partial charge in [0.05, 0.1) is 10.9 Å². The molecule has 15 heavy (non-hydrogen) atoms. The quantitative estimate of drug-likeness (QED) is 0.799. The molecule has 0 radical (unpaired) electrons. The number of hydrogen-bond donors (Lipinski definition) is 2. The van der Waals surface area contributed by atoms with Gasteiger partial charge in [-0.2, -0.15) is 0 Å². The minimum atomic E-state index is -0.487. The van der Waals surface area contributed by atoms with Crippen molar-refractivity contribution >= 4 is 40.4 Å². The van der Waals surface area contributed by atoms with E-state index in [9.17, 15) is 4.79 Å². The van der Waals surface area contributed by atoms with E-state index in [0.29, 0.717) is 10.7 Å². The third-order valence-corrected chi connectivity index (χ3v) is 2.50. The summed E-state index contributed by atoms with van der Waals surface area (Å²) in [7, 11) is 0.